The molecular weight excluding hydrogens is 347 g/mol. The molecule has 0 aliphatic carbocycles. The molecule has 26 heavy (non-hydrogen) atoms. The lowest BCUT2D eigenvalue weighted by molar-refractivity contribution is -0.137. The lowest BCUT2D eigenvalue weighted by atomic mass is 9.92. The van der Waals surface area contributed by atoms with Crippen molar-refractivity contribution < 1.29 is 22.8 Å². The van der Waals surface area contributed by atoms with E-state index < -0.39 is 34.8 Å². The summed E-state index contributed by atoms with van der Waals surface area (Å²) in [6, 6.07) is 11.7. The fourth-order valence-corrected chi connectivity index (χ4v) is 2.84. The number of hydrogen-bond donors (Lipinski definition) is 1. The average molecular weight is 359 g/mol. The highest BCUT2D eigenvalue weighted by Gasteiger charge is 2.50. The molecule has 0 aromatic heterocycles. The van der Waals surface area contributed by atoms with Gasteiger partial charge in [0.05, 0.1) is 22.9 Å². The van der Waals surface area contributed by atoms with Crippen molar-refractivity contribution in [2.75, 3.05) is 4.90 Å². The summed E-state index contributed by atoms with van der Waals surface area (Å²) in [6.45, 7) is 1.48. The van der Waals surface area contributed by atoms with E-state index in [9.17, 15) is 22.8 Å². The molecule has 1 N–H and O–H groups in total. The highest BCUT2D eigenvalue weighted by molar-refractivity contribution is 6.23. The number of alkyl halides is 3. The van der Waals surface area contributed by atoms with Crippen LogP contribution in [0.25, 0.3) is 0 Å². The number of halogens is 3. The second-order valence-electron chi connectivity index (χ2n) is 5.90. The van der Waals surface area contributed by atoms with Crippen LogP contribution in [0.5, 0.6) is 0 Å². The summed E-state index contributed by atoms with van der Waals surface area (Å²) in [4.78, 5) is 25.8. The molecule has 1 saturated heterocycles. The highest BCUT2D eigenvalue weighted by atomic mass is 19.4. The molecule has 1 fully saturated rings. The van der Waals surface area contributed by atoms with Gasteiger partial charge in [-0.3, -0.25) is 4.79 Å². The van der Waals surface area contributed by atoms with E-state index in [1.54, 1.807) is 30.3 Å². The van der Waals surface area contributed by atoms with Crippen molar-refractivity contribution in [1.29, 1.82) is 5.26 Å². The Morgan fingerprint density at radius 3 is 2.35 bits per heavy atom. The van der Waals surface area contributed by atoms with Crippen molar-refractivity contribution in [3.63, 3.8) is 0 Å². The van der Waals surface area contributed by atoms with E-state index >= 15 is 0 Å². The molecule has 0 radical (unpaired) electrons. The minimum absolute atomic E-state index is 0.251. The monoisotopic (exact) mass is 359 g/mol. The first kappa shape index (κ1) is 17.5. The SMILES string of the molecule is CC1(c2ccccc2)NC(=O)N(c2ccc(C#N)c(C(F)(F)F)c2)C1=O. The zero-order valence-electron chi connectivity index (χ0n) is 13.5. The lowest BCUT2D eigenvalue weighted by Crippen LogP contribution is -2.40. The molecule has 0 spiro atoms. The van der Waals surface area contributed by atoms with Crippen LogP contribution >= 0.6 is 0 Å². The molecule has 3 amide bonds. The first-order valence-corrected chi connectivity index (χ1v) is 7.52. The van der Waals surface area contributed by atoms with E-state index in [4.69, 9.17) is 5.26 Å². The Morgan fingerprint density at radius 1 is 1.12 bits per heavy atom. The summed E-state index contributed by atoms with van der Waals surface area (Å²) in [5.41, 5.74) is -2.93. The number of nitriles is 1. The maximum Gasteiger partial charge on any atom is 0.417 e. The molecule has 3 rings (SSSR count). The summed E-state index contributed by atoms with van der Waals surface area (Å²) in [5, 5.41) is 11.4. The zero-order chi connectivity index (χ0) is 19.1. The van der Waals surface area contributed by atoms with Gasteiger partial charge in [-0.25, -0.2) is 9.69 Å². The number of nitrogens with zero attached hydrogens (tertiary/aromatic N) is 2. The summed E-state index contributed by atoms with van der Waals surface area (Å²) < 4.78 is 39.5. The van der Waals surface area contributed by atoms with Crippen LogP contribution < -0.4 is 10.2 Å². The van der Waals surface area contributed by atoms with Crippen LogP contribution in [0.1, 0.15) is 23.6 Å². The summed E-state index contributed by atoms with van der Waals surface area (Å²) in [6.07, 6.45) is -4.79. The standard InChI is InChI=1S/C18H12F3N3O2/c1-17(12-5-3-2-4-6-12)15(25)24(16(26)23-17)13-8-7-11(10-22)14(9-13)18(19,20)21/h2-9H,1H3,(H,23,26). The molecule has 2 aromatic rings. The maximum atomic E-state index is 13.2. The maximum absolute atomic E-state index is 13.2. The van der Waals surface area contributed by atoms with Gasteiger partial charge in [0.15, 0.2) is 0 Å². The topological polar surface area (TPSA) is 73.2 Å². The number of amides is 3. The molecule has 0 saturated carbocycles. The third kappa shape index (κ3) is 2.67. The van der Waals surface area contributed by atoms with Gasteiger partial charge < -0.3 is 5.32 Å². The Kier molecular flexibility index (Phi) is 3.95. The van der Waals surface area contributed by atoms with Crippen LogP contribution in [0.15, 0.2) is 48.5 Å². The summed E-state index contributed by atoms with van der Waals surface area (Å²) in [5.74, 6) is -0.702. The van der Waals surface area contributed by atoms with Gasteiger partial charge in [0.25, 0.3) is 5.91 Å². The van der Waals surface area contributed by atoms with Crippen LogP contribution in [0.4, 0.5) is 23.7 Å². The van der Waals surface area contributed by atoms with Crippen LogP contribution in [-0.2, 0) is 16.5 Å². The van der Waals surface area contributed by atoms with Crippen LogP contribution in [-0.4, -0.2) is 11.9 Å². The Labute approximate surface area is 146 Å². The van der Waals surface area contributed by atoms with E-state index in [1.807, 2.05) is 0 Å². The third-order valence-corrected chi connectivity index (χ3v) is 4.23. The molecule has 132 valence electrons. The van der Waals surface area contributed by atoms with Crippen molar-refractivity contribution in [3.8, 4) is 6.07 Å². The quantitative estimate of drug-likeness (QED) is 0.834. The first-order chi connectivity index (χ1) is 12.2. The van der Waals surface area contributed by atoms with E-state index in [0.29, 0.717) is 16.5 Å². The number of rotatable bonds is 2. The molecule has 5 nitrogen and oxygen atoms in total. The fourth-order valence-electron chi connectivity index (χ4n) is 2.84. The van der Waals surface area contributed by atoms with E-state index in [1.165, 1.54) is 13.0 Å². The van der Waals surface area contributed by atoms with Gasteiger partial charge in [-0.15, -0.1) is 0 Å². The molecule has 8 heteroatoms. The molecule has 2 aromatic carbocycles. The summed E-state index contributed by atoms with van der Waals surface area (Å²) >= 11 is 0. The lowest BCUT2D eigenvalue weighted by Gasteiger charge is -2.22. The highest BCUT2D eigenvalue weighted by Crippen LogP contribution is 2.37. The minimum atomic E-state index is -4.79. The number of carbonyl (C=O) groups excluding carboxylic acids is 2. The van der Waals surface area contributed by atoms with Crippen molar-refractivity contribution in [2.24, 2.45) is 0 Å². The van der Waals surface area contributed by atoms with Crippen LogP contribution in [0.2, 0.25) is 0 Å². The van der Waals surface area contributed by atoms with Gasteiger partial charge in [-0.1, -0.05) is 30.3 Å². The van der Waals surface area contributed by atoms with Gasteiger partial charge in [-0.05, 0) is 30.7 Å². The first-order valence-electron chi connectivity index (χ1n) is 7.52. The van der Waals surface area contributed by atoms with E-state index in [-0.39, 0.29) is 5.69 Å². The van der Waals surface area contributed by atoms with E-state index in [0.717, 1.165) is 12.1 Å². The van der Waals surface area contributed by atoms with Crippen LogP contribution in [0.3, 0.4) is 0 Å². The Morgan fingerprint density at radius 2 is 1.77 bits per heavy atom. The largest absolute Gasteiger partial charge is 0.417 e. The molecule has 1 unspecified atom stereocenters. The molecular formula is C18H12F3N3O2. The molecule has 1 aliphatic rings. The van der Waals surface area contributed by atoms with Crippen molar-refractivity contribution in [1.82, 2.24) is 5.32 Å². The smallest absolute Gasteiger partial charge is 0.319 e. The number of benzene rings is 2. The average Bonchev–Trinajstić information content (AvgIpc) is 2.84. The van der Waals surface area contributed by atoms with Gasteiger partial charge >= 0.3 is 12.2 Å². The number of urea groups is 1. The number of carbonyl (C=O) groups is 2. The normalized spacial score (nSPS) is 20.0. The number of nitrogens with one attached hydrogen (secondary N) is 1. The van der Waals surface area contributed by atoms with Crippen molar-refractivity contribution >= 4 is 17.6 Å². The Balaban J connectivity index is 2.07. The fraction of sp³-hybridized carbons (Fsp3) is 0.167. The zero-order valence-corrected chi connectivity index (χ0v) is 13.5. The summed E-state index contributed by atoms with van der Waals surface area (Å²) in [7, 11) is 0. The minimum Gasteiger partial charge on any atom is -0.319 e. The number of hydrogen-bond acceptors (Lipinski definition) is 3. The van der Waals surface area contributed by atoms with Crippen molar-refractivity contribution in [3.05, 3.63) is 65.2 Å². The second-order valence-corrected chi connectivity index (χ2v) is 5.90. The van der Waals surface area contributed by atoms with Crippen molar-refractivity contribution in [2.45, 2.75) is 18.6 Å². The molecule has 1 aliphatic heterocycles. The number of anilines is 1. The predicted octanol–water partition coefficient (Wildman–Crippen LogP) is 3.55. The van der Waals surface area contributed by atoms with Gasteiger partial charge in [0.2, 0.25) is 0 Å². The third-order valence-electron chi connectivity index (χ3n) is 4.23. The Bertz CT molecular complexity index is 935. The van der Waals surface area contributed by atoms with Crippen LogP contribution in [0, 0.1) is 11.3 Å². The predicted molar refractivity (Wildman–Crippen MR) is 86.0 cm³/mol. The second kappa shape index (κ2) is 5.88. The molecule has 1 heterocycles. The number of imide groups is 1. The van der Waals surface area contributed by atoms with Gasteiger partial charge in [-0.2, -0.15) is 18.4 Å². The van der Waals surface area contributed by atoms with E-state index in [2.05, 4.69) is 5.32 Å². The van der Waals surface area contributed by atoms with Gasteiger partial charge in [0.1, 0.15) is 5.54 Å². The van der Waals surface area contributed by atoms with Gasteiger partial charge in [0, 0.05) is 0 Å². The Hall–Kier alpha value is -3.34. The molecule has 1 atom stereocenters. The molecule has 0 bridgehead atoms.